The summed E-state index contributed by atoms with van der Waals surface area (Å²) in [5.41, 5.74) is -1.22. The molecule has 2 unspecified atom stereocenters. The molecule has 0 amide bonds. The lowest BCUT2D eigenvalue weighted by Gasteiger charge is -2.41. The number of esters is 1. The third kappa shape index (κ3) is 1.24. The first kappa shape index (κ1) is 13.4. The second kappa shape index (κ2) is 3.87. The van der Waals surface area contributed by atoms with Gasteiger partial charge in [0.1, 0.15) is 11.1 Å². The number of carbonyl (C=O) groups excluding carboxylic acids is 2. The lowest BCUT2D eigenvalue weighted by atomic mass is 9.72. The van der Waals surface area contributed by atoms with Gasteiger partial charge in [0.15, 0.2) is 22.8 Å². The summed E-state index contributed by atoms with van der Waals surface area (Å²) in [6.45, 7) is 1.80. The average Bonchev–Trinajstić information content (AvgIpc) is 3.18. The number of ketones is 1. The Balaban J connectivity index is 1.83. The monoisotopic (exact) mass is 337 g/mol. The van der Waals surface area contributed by atoms with Gasteiger partial charge in [-0.25, -0.2) is 4.39 Å². The number of nitrogens with zero attached hydrogens (tertiary/aromatic N) is 1. The lowest BCUT2D eigenvalue weighted by Crippen LogP contribution is -2.56. The van der Waals surface area contributed by atoms with Crippen molar-refractivity contribution < 1.29 is 27.8 Å². The van der Waals surface area contributed by atoms with E-state index in [0.717, 1.165) is 6.07 Å². The van der Waals surface area contributed by atoms with E-state index in [1.165, 1.54) is 11.8 Å². The van der Waals surface area contributed by atoms with Crippen LogP contribution < -0.4 is 9.64 Å². The van der Waals surface area contributed by atoms with Crippen molar-refractivity contribution in [3.8, 4) is 5.75 Å². The molecule has 118 valence electrons. The molecule has 1 fully saturated rings. The third-order valence-corrected chi connectivity index (χ3v) is 6.13. The highest BCUT2D eigenvalue weighted by Gasteiger charge is 2.70. The molecule has 1 aromatic carbocycles. The van der Waals surface area contributed by atoms with E-state index in [-0.39, 0.29) is 30.0 Å². The topological polar surface area (TPSA) is 55.8 Å². The zero-order chi connectivity index (χ0) is 16.1. The summed E-state index contributed by atoms with van der Waals surface area (Å²) in [5.74, 6) is -3.31. The van der Waals surface area contributed by atoms with Crippen molar-refractivity contribution in [1.29, 1.82) is 0 Å². The first-order valence-corrected chi connectivity index (χ1v) is 7.99. The Morgan fingerprint density at radius 2 is 2.35 bits per heavy atom. The number of fused-ring (bicyclic) bond motifs is 1. The molecule has 1 saturated heterocycles. The first-order valence-electron chi connectivity index (χ1n) is 7.11. The molecular formula is C15H9F2NO4S. The number of hydrogen-bond donors (Lipinski definition) is 0. The average molecular weight is 337 g/mol. The number of hydrogen-bond acceptors (Lipinski definition) is 6. The Morgan fingerprint density at radius 3 is 3.09 bits per heavy atom. The highest BCUT2D eigenvalue weighted by molar-refractivity contribution is 8.04. The van der Waals surface area contributed by atoms with Crippen molar-refractivity contribution in [3.63, 3.8) is 0 Å². The van der Waals surface area contributed by atoms with E-state index in [1.807, 2.05) is 0 Å². The van der Waals surface area contributed by atoms with E-state index in [2.05, 4.69) is 0 Å². The zero-order valence-electron chi connectivity index (χ0n) is 11.8. The Kier molecular flexibility index (Phi) is 2.25. The van der Waals surface area contributed by atoms with Crippen molar-refractivity contribution in [2.75, 3.05) is 11.5 Å². The number of allylic oxidation sites excluding steroid dienone is 1. The van der Waals surface area contributed by atoms with Crippen LogP contribution in [0.5, 0.6) is 5.75 Å². The zero-order valence-corrected chi connectivity index (χ0v) is 12.6. The number of ether oxygens (including phenoxy) is 2. The molecule has 8 heteroatoms. The van der Waals surface area contributed by atoms with Gasteiger partial charge in [-0.2, -0.15) is 4.39 Å². The molecule has 0 spiro atoms. The van der Waals surface area contributed by atoms with Crippen molar-refractivity contribution in [3.05, 3.63) is 34.1 Å². The molecule has 2 bridgehead atoms. The van der Waals surface area contributed by atoms with Gasteiger partial charge in [0.05, 0.1) is 6.61 Å². The molecule has 0 aliphatic carbocycles. The van der Waals surface area contributed by atoms with Crippen molar-refractivity contribution in [2.45, 2.75) is 18.7 Å². The summed E-state index contributed by atoms with van der Waals surface area (Å²) in [7, 11) is 0. The van der Waals surface area contributed by atoms with Gasteiger partial charge in [-0.1, -0.05) is 11.8 Å². The van der Waals surface area contributed by atoms with Crippen LogP contribution in [0.15, 0.2) is 16.9 Å². The maximum Gasteiger partial charge on any atom is 0.323 e. The van der Waals surface area contributed by atoms with E-state index < -0.39 is 34.2 Å². The molecular weight excluding hydrogens is 328 g/mol. The quantitative estimate of drug-likeness (QED) is 0.611. The standard InChI is InChI=1S/C15H9F2NO4S/c1-2-21-14(20)15-4-7-12-18(13(15)23-7)9-5(11(15)19)3-6(16)8(17)10(9)22-12/h3,13H,2,4H2,1H3. The van der Waals surface area contributed by atoms with Crippen LogP contribution in [0.2, 0.25) is 0 Å². The fraction of sp³-hybridized carbons (Fsp3) is 0.333. The summed E-state index contributed by atoms with van der Waals surface area (Å²) in [6.07, 6.45) is 0.146. The SMILES string of the molecule is CCOC(=O)C12CC3=C4Oc5c(F)c(F)cc(c5N4C1S3)C2=O. The summed E-state index contributed by atoms with van der Waals surface area (Å²) < 4.78 is 38.5. The Labute approximate surface area is 133 Å². The molecule has 2 atom stereocenters. The van der Waals surface area contributed by atoms with E-state index in [0.29, 0.717) is 10.8 Å². The number of Topliss-reactive ketones (excluding diaryl/α,β-unsaturated/α-hetero) is 1. The van der Waals surface area contributed by atoms with Gasteiger partial charge >= 0.3 is 5.97 Å². The van der Waals surface area contributed by atoms with Gasteiger partial charge in [-0.15, -0.1) is 0 Å². The van der Waals surface area contributed by atoms with Crippen LogP contribution in [-0.2, 0) is 9.53 Å². The van der Waals surface area contributed by atoms with Crippen LogP contribution >= 0.6 is 11.8 Å². The van der Waals surface area contributed by atoms with Gasteiger partial charge in [0, 0.05) is 16.9 Å². The normalized spacial score (nSPS) is 28.6. The molecule has 0 aromatic heterocycles. The summed E-state index contributed by atoms with van der Waals surface area (Å²) >= 11 is 1.35. The molecule has 23 heavy (non-hydrogen) atoms. The molecule has 4 heterocycles. The molecule has 0 N–H and O–H groups in total. The second-order valence-corrected chi connectivity index (χ2v) is 6.94. The first-order chi connectivity index (χ1) is 11.0. The van der Waals surface area contributed by atoms with Crippen LogP contribution in [-0.4, -0.2) is 23.7 Å². The summed E-state index contributed by atoms with van der Waals surface area (Å²) in [5, 5.41) is -0.558. The van der Waals surface area contributed by atoms with Crippen LogP contribution in [0.1, 0.15) is 23.7 Å². The fourth-order valence-corrected chi connectivity index (χ4v) is 5.35. The van der Waals surface area contributed by atoms with Gasteiger partial charge in [-0.05, 0) is 13.0 Å². The minimum Gasteiger partial charge on any atom is -0.465 e. The van der Waals surface area contributed by atoms with Crippen molar-refractivity contribution in [1.82, 2.24) is 0 Å². The Bertz CT molecular complexity index is 868. The van der Waals surface area contributed by atoms with Crippen LogP contribution in [0.3, 0.4) is 0 Å². The molecule has 4 aliphatic heterocycles. The Hall–Kier alpha value is -2.09. The summed E-state index contributed by atoms with van der Waals surface area (Å²) in [4.78, 5) is 27.9. The minimum atomic E-state index is -1.41. The van der Waals surface area contributed by atoms with Gasteiger partial charge < -0.3 is 9.47 Å². The molecule has 5 rings (SSSR count). The number of carbonyl (C=O) groups is 2. The predicted octanol–water partition coefficient (Wildman–Crippen LogP) is 2.56. The lowest BCUT2D eigenvalue weighted by molar-refractivity contribution is -0.152. The number of rotatable bonds is 2. The number of thioether (sulfide) groups is 1. The molecule has 0 saturated carbocycles. The van der Waals surface area contributed by atoms with E-state index >= 15 is 0 Å². The molecule has 5 nitrogen and oxygen atoms in total. The maximum absolute atomic E-state index is 14.0. The van der Waals surface area contributed by atoms with Gasteiger partial charge in [0.25, 0.3) is 0 Å². The molecule has 4 aliphatic rings. The highest BCUT2D eigenvalue weighted by atomic mass is 32.2. The predicted molar refractivity (Wildman–Crippen MR) is 75.9 cm³/mol. The second-order valence-electron chi connectivity index (χ2n) is 5.77. The van der Waals surface area contributed by atoms with Crippen molar-refractivity contribution in [2.24, 2.45) is 5.41 Å². The number of halogens is 2. The molecule has 0 radical (unpaired) electrons. The van der Waals surface area contributed by atoms with Crippen molar-refractivity contribution >= 4 is 29.2 Å². The van der Waals surface area contributed by atoms with Gasteiger partial charge in [-0.3, -0.25) is 14.5 Å². The van der Waals surface area contributed by atoms with Crippen LogP contribution in [0.25, 0.3) is 0 Å². The van der Waals surface area contributed by atoms with Crippen LogP contribution in [0.4, 0.5) is 14.5 Å². The van der Waals surface area contributed by atoms with Gasteiger partial charge in [0.2, 0.25) is 11.7 Å². The molecule has 1 aromatic rings. The van der Waals surface area contributed by atoms with E-state index in [1.54, 1.807) is 11.8 Å². The highest BCUT2D eigenvalue weighted by Crippen LogP contribution is 2.68. The number of benzene rings is 1. The van der Waals surface area contributed by atoms with E-state index in [4.69, 9.17) is 9.47 Å². The third-order valence-electron chi connectivity index (χ3n) is 4.69. The Morgan fingerprint density at radius 1 is 1.57 bits per heavy atom. The van der Waals surface area contributed by atoms with E-state index in [9.17, 15) is 18.4 Å². The minimum absolute atomic E-state index is 0.0280. The number of anilines is 1. The largest absolute Gasteiger partial charge is 0.465 e. The van der Waals surface area contributed by atoms with Crippen LogP contribution in [0, 0.1) is 17.0 Å². The fourth-order valence-electron chi connectivity index (χ4n) is 3.74. The summed E-state index contributed by atoms with van der Waals surface area (Å²) in [6, 6.07) is 0.848. The smallest absolute Gasteiger partial charge is 0.323 e. The maximum atomic E-state index is 14.0.